The summed E-state index contributed by atoms with van der Waals surface area (Å²) in [5, 5.41) is 20.8. The Morgan fingerprint density at radius 1 is 1.48 bits per heavy atom. The van der Waals surface area contributed by atoms with Gasteiger partial charge in [0.2, 0.25) is 0 Å². The summed E-state index contributed by atoms with van der Waals surface area (Å²) in [6.45, 7) is 1.23. The van der Waals surface area contributed by atoms with Gasteiger partial charge in [0.1, 0.15) is 5.78 Å². The number of nitrogens with zero attached hydrogens (tertiary/aromatic N) is 1. The number of hydrogen-bond acceptors (Lipinski definition) is 6. The summed E-state index contributed by atoms with van der Waals surface area (Å²) in [6.07, 6.45) is 1.98. The summed E-state index contributed by atoms with van der Waals surface area (Å²) in [6, 6.07) is 5.64. The molecule has 0 fully saturated rings. The van der Waals surface area contributed by atoms with Crippen LogP contribution in [0.25, 0.3) is 6.08 Å². The van der Waals surface area contributed by atoms with Gasteiger partial charge in [-0.05, 0) is 18.6 Å². The van der Waals surface area contributed by atoms with Gasteiger partial charge in [-0.25, -0.2) is 4.79 Å². The molecule has 21 heavy (non-hydrogen) atoms. The Kier molecular flexibility index (Phi) is 5.31. The molecule has 112 valence electrons. The SMILES string of the molecule is COC(=O)[C@@](O)(/C=C/c1cccc([N+](=O)[O-])c1)CC(C)=O. The zero-order valence-electron chi connectivity index (χ0n) is 11.6. The van der Waals surface area contributed by atoms with E-state index in [1.165, 1.54) is 31.2 Å². The summed E-state index contributed by atoms with van der Waals surface area (Å²) in [4.78, 5) is 32.8. The summed E-state index contributed by atoms with van der Waals surface area (Å²) in [5.41, 5.74) is -1.80. The minimum absolute atomic E-state index is 0.120. The zero-order valence-corrected chi connectivity index (χ0v) is 11.6. The van der Waals surface area contributed by atoms with Crippen LogP contribution in [0.2, 0.25) is 0 Å². The van der Waals surface area contributed by atoms with Crippen molar-refractivity contribution < 1.29 is 24.4 Å². The van der Waals surface area contributed by atoms with E-state index in [0.29, 0.717) is 5.56 Å². The molecule has 0 spiro atoms. The van der Waals surface area contributed by atoms with Crippen molar-refractivity contribution in [3.8, 4) is 0 Å². The summed E-state index contributed by atoms with van der Waals surface area (Å²) < 4.78 is 4.47. The van der Waals surface area contributed by atoms with E-state index in [4.69, 9.17) is 0 Å². The monoisotopic (exact) mass is 293 g/mol. The van der Waals surface area contributed by atoms with Gasteiger partial charge in [0, 0.05) is 18.6 Å². The minimum Gasteiger partial charge on any atom is -0.467 e. The highest BCUT2D eigenvalue weighted by Crippen LogP contribution is 2.19. The number of ketones is 1. The molecule has 7 nitrogen and oxygen atoms in total. The number of methoxy groups -OCH3 is 1. The van der Waals surface area contributed by atoms with Gasteiger partial charge in [-0.3, -0.25) is 14.9 Å². The lowest BCUT2D eigenvalue weighted by molar-refractivity contribution is -0.384. The van der Waals surface area contributed by atoms with Gasteiger partial charge in [0.05, 0.1) is 12.0 Å². The van der Waals surface area contributed by atoms with Crippen molar-refractivity contribution in [3.63, 3.8) is 0 Å². The van der Waals surface area contributed by atoms with Crippen LogP contribution in [0.5, 0.6) is 0 Å². The Morgan fingerprint density at radius 3 is 2.67 bits per heavy atom. The Labute approximate surface area is 121 Å². The smallest absolute Gasteiger partial charge is 0.342 e. The molecule has 0 saturated heterocycles. The van der Waals surface area contributed by atoms with Crippen molar-refractivity contribution in [2.45, 2.75) is 18.9 Å². The van der Waals surface area contributed by atoms with E-state index >= 15 is 0 Å². The van der Waals surface area contributed by atoms with Crippen LogP contribution in [0.1, 0.15) is 18.9 Å². The van der Waals surface area contributed by atoms with Crippen molar-refractivity contribution in [1.29, 1.82) is 0 Å². The lowest BCUT2D eigenvalue weighted by Crippen LogP contribution is -2.39. The fourth-order valence-electron chi connectivity index (χ4n) is 1.73. The largest absolute Gasteiger partial charge is 0.467 e. The molecule has 0 saturated carbocycles. The summed E-state index contributed by atoms with van der Waals surface area (Å²) in [7, 11) is 1.09. The average Bonchev–Trinajstić information content (AvgIpc) is 2.43. The van der Waals surface area contributed by atoms with E-state index in [-0.39, 0.29) is 5.69 Å². The number of carbonyl (C=O) groups excluding carboxylic acids is 2. The number of nitro groups is 1. The second kappa shape index (κ2) is 6.76. The van der Waals surface area contributed by atoms with E-state index in [2.05, 4.69) is 4.74 Å². The Hall–Kier alpha value is -2.54. The van der Waals surface area contributed by atoms with Crippen molar-refractivity contribution >= 4 is 23.5 Å². The van der Waals surface area contributed by atoms with Crippen molar-refractivity contribution in [3.05, 3.63) is 46.0 Å². The topological polar surface area (TPSA) is 107 Å². The van der Waals surface area contributed by atoms with Gasteiger partial charge in [-0.1, -0.05) is 18.2 Å². The number of aliphatic hydroxyl groups is 1. The highest BCUT2D eigenvalue weighted by Gasteiger charge is 2.35. The number of esters is 1. The molecule has 1 aromatic rings. The lowest BCUT2D eigenvalue weighted by Gasteiger charge is -2.19. The quantitative estimate of drug-likeness (QED) is 0.484. The predicted molar refractivity (Wildman–Crippen MR) is 74.4 cm³/mol. The Balaban J connectivity index is 3.08. The van der Waals surface area contributed by atoms with Crippen molar-refractivity contribution in [1.82, 2.24) is 0 Å². The first-order chi connectivity index (χ1) is 9.78. The zero-order chi connectivity index (χ0) is 16.0. The maximum absolute atomic E-state index is 11.6. The van der Waals surface area contributed by atoms with Gasteiger partial charge in [0.15, 0.2) is 5.60 Å². The first-order valence-electron chi connectivity index (χ1n) is 6.02. The maximum Gasteiger partial charge on any atom is 0.342 e. The highest BCUT2D eigenvalue weighted by molar-refractivity contribution is 5.90. The average molecular weight is 293 g/mol. The van der Waals surface area contributed by atoms with E-state index in [9.17, 15) is 24.8 Å². The molecule has 1 N–H and O–H groups in total. The number of rotatable bonds is 6. The molecule has 0 aliphatic carbocycles. The minimum atomic E-state index is -2.09. The Morgan fingerprint density at radius 2 is 2.14 bits per heavy atom. The number of nitro benzene ring substituents is 1. The van der Waals surface area contributed by atoms with Gasteiger partial charge in [-0.15, -0.1) is 0 Å². The van der Waals surface area contributed by atoms with Gasteiger partial charge in [-0.2, -0.15) is 0 Å². The van der Waals surface area contributed by atoms with Crippen molar-refractivity contribution in [2.24, 2.45) is 0 Å². The standard InChI is InChI=1S/C14H15NO6/c1-10(16)9-14(18,13(17)21-2)7-6-11-4-3-5-12(8-11)15(19)20/h3-8,18H,9H2,1-2H3/b7-6+/t14-/m1/s1. The second-order valence-electron chi connectivity index (χ2n) is 4.48. The molecule has 0 unspecified atom stereocenters. The predicted octanol–water partition coefficient (Wildman–Crippen LogP) is 1.49. The molecule has 1 rings (SSSR count). The molecular formula is C14H15NO6. The van der Waals surface area contributed by atoms with Gasteiger partial charge < -0.3 is 9.84 Å². The molecule has 0 radical (unpaired) electrons. The van der Waals surface area contributed by atoms with Crippen LogP contribution >= 0.6 is 0 Å². The number of non-ortho nitro benzene ring substituents is 1. The lowest BCUT2D eigenvalue weighted by atomic mass is 9.96. The molecule has 1 atom stereocenters. The first-order valence-corrected chi connectivity index (χ1v) is 6.02. The third-order valence-electron chi connectivity index (χ3n) is 2.69. The van der Waals surface area contributed by atoms with E-state index < -0.39 is 28.7 Å². The van der Waals surface area contributed by atoms with Crippen LogP contribution in [0.15, 0.2) is 30.3 Å². The van der Waals surface area contributed by atoms with E-state index in [0.717, 1.165) is 13.2 Å². The molecule has 0 aromatic heterocycles. The third kappa shape index (κ3) is 4.50. The second-order valence-corrected chi connectivity index (χ2v) is 4.48. The summed E-state index contributed by atoms with van der Waals surface area (Å²) in [5.74, 6) is -1.37. The van der Waals surface area contributed by atoms with Crippen LogP contribution in [0.4, 0.5) is 5.69 Å². The van der Waals surface area contributed by atoms with Crippen LogP contribution in [-0.2, 0) is 14.3 Å². The molecular weight excluding hydrogens is 278 g/mol. The highest BCUT2D eigenvalue weighted by atomic mass is 16.6. The number of hydrogen-bond donors (Lipinski definition) is 1. The molecule has 0 heterocycles. The summed E-state index contributed by atoms with van der Waals surface area (Å²) >= 11 is 0. The molecule has 0 bridgehead atoms. The van der Waals surface area contributed by atoms with E-state index in [1.54, 1.807) is 6.07 Å². The van der Waals surface area contributed by atoms with Gasteiger partial charge >= 0.3 is 5.97 Å². The molecule has 7 heteroatoms. The van der Waals surface area contributed by atoms with Crippen LogP contribution in [0, 0.1) is 10.1 Å². The number of benzene rings is 1. The fraction of sp³-hybridized carbons (Fsp3) is 0.286. The normalized spacial score (nSPS) is 13.7. The third-order valence-corrected chi connectivity index (χ3v) is 2.69. The number of carbonyl (C=O) groups is 2. The fourth-order valence-corrected chi connectivity index (χ4v) is 1.73. The van der Waals surface area contributed by atoms with E-state index in [1.807, 2.05) is 0 Å². The van der Waals surface area contributed by atoms with Crippen molar-refractivity contribution in [2.75, 3.05) is 7.11 Å². The van der Waals surface area contributed by atoms with Crippen LogP contribution in [0.3, 0.4) is 0 Å². The number of Topliss-reactive ketones (excluding diaryl/α,β-unsaturated/α-hetero) is 1. The first kappa shape index (κ1) is 16.5. The molecule has 0 amide bonds. The van der Waals surface area contributed by atoms with Crippen LogP contribution in [-0.4, -0.2) is 34.5 Å². The Bertz CT molecular complexity index is 595. The molecule has 1 aromatic carbocycles. The molecule has 0 aliphatic heterocycles. The maximum atomic E-state index is 11.6. The molecule has 0 aliphatic rings. The number of ether oxygens (including phenoxy) is 1. The van der Waals surface area contributed by atoms with Crippen LogP contribution < -0.4 is 0 Å². The van der Waals surface area contributed by atoms with Gasteiger partial charge in [0.25, 0.3) is 5.69 Å².